The van der Waals surface area contributed by atoms with Gasteiger partial charge in [-0.3, -0.25) is 10.1 Å². The molecule has 0 aliphatic heterocycles. The second-order valence-electron chi connectivity index (χ2n) is 4.43. The lowest BCUT2D eigenvalue weighted by atomic mass is 10.1. The number of hydrogen-bond donors (Lipinski definition) is 2. The van der Waals surface area contributed by atoms with E-state index >= 15 is 0 Å². The van der Waals surface area contributed by atoms with Gasteiger partial charge in [-0.25, -0.2) is 4.98 Å². The number of esters is 1. The van der Waals surface area contributed by atoms with Crippen LogP contribution in [0.3, 0.4) is 0 Å². The van der Waals surface area contributed by atoms with Crippen LogP contribution in [0.1, 0.15) is 19.8 Å². The van der Waals surface area contributed by atoms with Crippen molar-refractivity contribution in [2.24, 2.45) is 0 Å². The van der Waals surface area contributed by atoms with Gasteiger partial charge in [-0.15, -0.1) is 0 Å². The van der Waals surface area contributed by atoms with E-state index in [1.165, 1.54) is 18.9 Å². The zero-order chi connectivity index (χ0) is 12.3. The molecule has 0 radical (unpaired) electrons. The summed E-state index contributed by atoms with van der Waals surface area (Å²) in [7, 11) is 1.42. The van der Waals surface area contributed by atoms with Gasteiger partial charge in [-0.1, -0.05) is 11.8 Å². The van der Waals surface area contributed by atoms with Gasteiger partial charge in [-0.05, 0) is 19.8 Å². The van der Waals surface area contributed by atoms with Crippen molar-refractivity contribution in [3.8, 4) is 0 Å². The normalized spacial score (nSPS) is 18.7. The summed E-state index contributed by atoms with van der Waals surface area (Å²) in [6, 6.07) is 0.455. The molecule has 1 aliphatic carbocycles. The van der Waals surface area contributed by atoms with Crippen LogP contribution in [-0.4, -0.2) is 40.4 Å². The average Bonchev–Trinajstić information content (AvgIpc) is 2.97. The number of rotatable bonds is 6. The molecule has 1 heterocycles. The molecule has 1 atom stereocenters. The van der Waals surface area contributed by atoms with Crippen molar-refractivity contribution in [3.63, 3.8) is 0 Å². The van der Waals surface area contributed by atoms with Gasteiger partial charge in [0.25, 0.3) is 0 Å². The highest BCUT2D eigenvalue weighted by Crippen LogP contribution is 2.26. The maximum Gasteiger partial charge on any atom is 0.326 e. The summed E-state index contributed by atoms with van der Waals surface area (Å²) in [6.45, 7) is 1.88. The second-order valence-corrected chi connectivity index (χ2v) is 5.39. The van der Waals surface area contributed by atoms with Crippen LogP contribution in [0.2, 0.25) is 0 Å². The molecule has 0 spiro atoms. The van der Waals surface area contributed by atoms with Crippen molar-refractivity contribution in [1.29, 1.82) is 0 Å². The van der Waals surface area contributed by atoms with Crippen molar-refractivity contribution in [2.75, 3.05) is 12.9 Å². The molecule has 1 aliphatic rings. The fraction of sp³-hybridized carbons (Fsp3) is 0.636. The Hall–Kier alpha value is -1.01. The van der Waals surface area contributed by atoms with Gasteiger partial charge in [-0.2, -0.15) is 0 Å². The molecular formula is C11H17N3O2S. The number of nitrogens with one attached hydrogen (secondary N) is 2. The molecule has 0 amide bonds. The van der Waals surface area contributed by atoms with Crippen LogP contribution in [0.5, 0.6) is 0 Å². The monoisotopic (exact) mass is 255 g/mol. The largest absolute Gasteiger partial charge is 0.468 e. The predicted octanol–water partition coefficient (Wildman–Crippen LogP) is 1.19. The summed E-state index contributed by atoms with van der Waals surface area (Å²) < 4.78 is 4.87. The quantitative estimate of drug-likeness (QED) is 0.590. The number of H-pyrrole nitrogens is 1. The Balaban J connectivity index is 1.96. The fourth-order valence-corrected chi connectivity index (χ4v) is 2.52. The minimum atomic E-state index is -0.645. The molecule has 5 nitrogen and oxygen atoms in total. The summed E-state index contributed by atoms with van der Waals surface area (Å²) >= 11 is 1.52. The fourth-order valence-electron chi connectivity index (χ4n) is 1.61. The van der Waals surface area contributed by atoms with E-state index in [9.17, 15) is 4.79 Å². The first-order valence-electron chi connectivity index (χ1n) is 5.62. The molecule has 17 heavy (non-hydrogen) atoms. The number of carbonyl (C=O) groups is 1. The summed E-state index contributed by atoms with van der Waals surface area (Å²) in [5.74, 6) is 0.382. The van der Waals surface area contributed by atoms with Crippen LogP contribution in [-0.2, 0) is 9.53 Å². The number of aromatic nitrogens is 2. The Labute approximate surface area is 105 Å². The standard InChI is InChI=1S/C11H17N3O2S/c1-11(9(15)16-2,14-8-3-4-8)7-17-10-12-5-6-13-10/h5-6,8,14H,3-4,7H2,1-2H3,(H,12,13). The molecular weight excluding hydrogens is 238 g/mol. The summed E-state index contributed by atoms with van der Waals surface area (Å²) in [5.41, 5.74) is -0.645. The van der Waals surface area contributed by atoms with Crippen molar-refractivity contribution < 1.29 is 9.53 Å². The number of hydrogen-bond acceptors (Lipinski definition) is 5. The van der Waals surface area contributed by atoms with E-state index in [0.717, 1.165) is 18.0 Å². The molecule has 1 saturated carbocycles. The topological polar surface area (TPSA) is 67.0 Å². The lowest BCUT2D eigenvalue weighted by Gasteiger charge is -2.27. The molecule has 2 N–H and O–H groups in total. The molecule has 0 bridgehead atoms. The highest BCUT2D eigenvalue weighted by atomic mass is 32.2. The number of ether oxygens (including phenoxy) is 1. The number of imidazole rings is 1. The highest BCUT2D eigenvalue weighted by molar-refractivity contribution is 7.99. The van der Waals surface area contributed by atoms with Crippen LogP contribution in [0.15, 0.2) is 17.6 Å². The van der Waals surface area contributed by atoms with Crippen LogP contribution in [0.25, 0.3) is 0 Å². The van der Waals surface area contributed by atoms with Gasteiger partial charge in [0.2, 0.25) is 0 Å². The summed E-state index contributed by atoms with van der Waals surface area (Å²) in [6.07, 6.45) is 5.74. The maximum atomic E-state index is 11.8. The smallest absolute Gasteiger partial charge is 0.326 e. The van der Waals surface area contributed by atoms with Crippen LogP contribution >= 0.6 is 11.8 Å². The van der Waals surface area contributed by atoms with Gasteiger partial charge in [0.1, 0.15) is 5.54 Å². The molecule has 2 rings (SSSR count). The maximum absolute atomic E-state index is 11.8. The molecule has 1 unspecified atom stereocenters. The first-order chi connectivity index (χ1) is 8.14. The molecule has 1 aromatic rings. The van der Waals surface area contributed by atoms with E-state index in [1.54, 1.807) is 12.4 Å². The van der Waals surface area contributed by atoms with Gasteiger partial charge >= 0.3 is 5.97 Å². The number of thioether (sulfide) groups is 1. The van der Waals surface area contributed by atoms with E-state index < -0.39 is 5.54 Å². The van der Waals surface area contributed by atoms with Gasteiger partial charge in [0.15, 0.2) is 5.16 Å². The number of carbonyl (C=O) groups excluding carboxylic acids is 1. The lowest BCUT2D eigenvalue weighted by molar-refractivity contribution is -0.147. The molecule has 0 aromatic carbocycles. The van der Waals surface area contributed by atoms with Gasteiger partial charge < -0.3 is 9.72 Å². The van der Waals surface area contributed by atoms with Crippen LogP contribution in [0, 0.1) is 0 Å². The predicted molar refractivity (Wildman–Crippen MR) is 65.9 cm³/mol. The average molecular weight is 255 g/mol. The van der Waals surface area contributed by atoms with Crippen LogP contribution < -0.4 is 5.32 Å². The summed E-state index contributed by atoms with van der Waals surface area (Å²) in [5, 5.41) is 4.16. The van der Waals surface area contributed by atoms with Gasteiger partial charge in [0, 0.05) is 24.2 Å². The molecule has 1 fully saturated rings. The number of nitrogens with zero attached hydrogens (tertiary/aromatic N) is 1. The van der Waals surface area contributed by atoms with Crippen molar-refractivity contribution in [2.45, 2.75) is 36.5 Å². The third-order valence-electron chi connectivity index (χ3n) is 2.71. The first kappa shape index (κ1) is 12.4. The number of aromatic amines is 1. The molecule has 1 aromatic heterocycles. The summed E-state index contributed by atoms with van der Waals surface area (Å²) in [4.78, 5) is 19.0. The molecule has 94 valence electrons. The zero-order valence-corrected chi connectivity index (χ0v) is 10.8. The lowest BCUT2D eigenvalue weighted by Crippen LogP contribution is -2.53. The Morgan fingerprint density at radius 1 is 1.76 bits per heavy atom. The Kier molecular flexibility index (Phi) is 3.73. The van der Waals surface area contributed by atoms with E-state index in [1.807, 2.05) is 6.92 Å². The minimum Gasteiger partial charge on any atom is -0.468 e. The Morgan fingerprint density at radius 3 is 3.06 bits per heavy atom. The van der Waals surface area contributed by atoms with E-state index in [0.29, 0.717) is 11.8 Å². The minimum absolute atomic E-state index is 0.219. The van der Waals surface area contributed by atoms with E-state index in [4.69, 9.17) is 4.74 Å². The zero-order valence-electron chi connectivity index (χ0n) is 10.0. The first-order valence-corrected chi connectivity index (χ1v) is 6.61. The van der Waals surface area contributed by atoms with Crippen LogP contribution in [0.4, 0.5) is 0 Å². The highest BCUT2D eigenvalue weighted by Gasteiger charge is 2.39. The van der Waals surface area contributed by atoms with E-state index in [-0.39, 0.29) is 5.97 Å². The second kappa shape index (κ2) is 5.10. The SMILES string of the molecule is COC(=O)C(C)(CSc1ncc[nH]1)NC1CC1. The van der Waals surface area contributed by atoms with Crippen molar-refractivity contribution in [3.05, 3.63) is 12.4 Å². The van der Waals surface area contributed by atoms with E-state index in [2.05, 4.69) is 15.3 Å². The van der Waals surface area contributed by atoms with Crippen molar-refractivity contribution in [1.82, 2.24) is 15.3 Å². The molecule has 0 saturated heterocycles. The Morgan fingerprint density at radius 2 is 2.53 bits per heavy atom. The van der Waals surface area contributed by atoms with Crippen molar-refractivity contribution >= 4 is 17.7 Å². The third-order valence-corrected chi connectivity index (χ3v) is 3.93. The van der Waals surface area contributed by atoms with Gasteiger partial charge in [0.05, 0.1) is 7.11 Å². The number of methoxy groups -OCH3 is 1. The Bertz CT molecular complexity index is 378. The third kappa shape index (κ3) is 3.23. The molecule has 6 heteroatoms.